The molecule has 0 unspecified atom stereocenters. The number of furan rings is 1. The van der Waals surface area contributed by atoms with Gasteiger partial charge in [-0.15, -0.1) is 10.2 Å². The number of ketones is 1. The third kappa shape index (κ3) is 3.90. The van der Waals surface area contributed by atoms with E-state index in [0.29, 0.717) is 11.3 Å². The second kappa shape index (κ2) is 7.95. The highest BCUT2D eigenvalue weighted by Gasteiger charge is 2.27. The molecule has 1 aromatic carbocycles. The number of Topliss-reactive ketones (excluding diaryl/α,β-unsaturated/α-hetero) is 1. The van der Waals surface area contributed by atoms with E-state index in [0.717, 1.165) is 10.4 Å². The summed E-state index contributed by atoms with van der Waals surface area (Å²) in [6.45, 7) is 3.21. The summed E-state index contributed by atoms with van der Waals surface area (Å²) in [7, 11) is 0. The molecule has 3 N–H and O–H groups in total. The average Bonchev–Trinajstić information content (AvgIpc) is 3.46. The quantitative estimate of drug-likeness (QED) is 0.414. The van der Waals surface area contributed by atoms with Crippen LogP contribution in [0.25, 0.3) is 22.9 Å². The molecule has 0 aliphatic rings. The van der Waals surface area contributed by atoms with Gasteiger partial charge in [-0.2, -0.15) is 9.78 Å². The van der Waals surface area contributed by atoms with Gasteiger partial charge >= 0.3 is 5.97 Å². The molecule has 3 aromatic heterocycles. The van der Waals surface area contributed by atoms with E-state index >= 15 is 0 Å². The molecule has 11 nitrogen and oxygen atoms in total. The van der Waals surface area contributed by atoms with Gasteiger partial charge in [0.25, 0.3) is 11.8 Å². The second-order valence-corrected chi connectivity index (χ2v) is 6.99. The molecule has 0 saturated carbocycles. The fourth-order valence-corrected chi connectivity index (χ4v) is 3.07. The number of aryl methyl sites for hydroxylation is 1. The van der Waals surface area contributed by atoms with Gasteiger partial charge in [0, 0.05) is 12.5 Å². The van der Waals surface area contributed by atoms with Crippen LogP contribution in [0.15, 0.2) is 45.2 Å². The number of aromatic carboxylic acids is 1. The molecule has 4 aromatic rings. The Bertz CT molecular complexity index is 1360. The number of primary amides is 1. The Morgan fingerprint density at radius 1 is 1.09 bits per heavy atom. The van der Waals surface area contributed by atoms with Gasteiger partial charge in [0.15, 0.2) is 34.4 Å². The summed E-state index contributed by atoms with van der Waals surface area (Å²) in [5, 5.41) is 17.8. The molecule has 1 amide bonds. The van der Waals surface area contributed by atoms with Crippen LogP contribution in [0.5, 0.6) is 0 Å². The van der Waals surface area contributed by atoms with E-state index in [1.165, 1.54) is 13.0 Å². The normalized spacial score (nSPS) is 10.9. The summed E-state index contributed by atoms with van der Waals surface area (Å²) < 4.78 is 11.1. The maximum Gasteiger partial charge on any atom is 0.358 e. The number of carboxylic acids is 1. The van der Waals surface area contributed by atoms with Crippen molar-refractivity contribution in [2.75, 3.05) is 0 Å². The number of hydrogen-bond acceptors (Lipinski definition) is 8. The van der Waals surface area contributed by atoms with Gasteiger partial charge in [-0.3, -0.25) is 9.59 Å². The maximum absolute atomic E-state index is 11.9. The molecule has 32 heavy (non-hydrogen) atoms. The lowest BCUT2D eigenvalue weighted by Crippen LogP contribution is -2.13. The number of rotatable bonds is 7. The van der Waals surface area contributed by atoms with Gasteiger partial charge in [0.05, 0.1) is 0 Å². The van der Waals surface area contributed by atoms with Crippen molar-refractivity contribution in [3.8, 4) is 22.9 Å². The number of carbonyl (C=O) groups excluding carboxylic acids is 2. The van der Waals surface area contributed by atoms with E-state index in [-0.39, 0.29) is 46.8 Å². The smallest absolute Gasteiger partial charge is 0.358 e. The largest absolute Gasteiger partial charge is 0.476 e. The van der Waals surface area contributed by atoms with E-state index in [2.05, 4.69) is 15.2 Å². The van der Waals surface area contributed by atoms with Crippen LogP contribution in [0.2, 0.25) is 0 Å². The zero-order valence-electron chi connectivity index (χ0n) is 17.0. The molecule has 0 saturated heterocycles. The monoisotopic (exact) mass is 435 g/mol. The average molecular weight is 435 g/mol. The molecule has 11 heteroatoms. The van der Waals surface area contributed by atoms with Crippen LogP contribution in [0, 0.1) is 6.92 Å². The van der Waals surface area contributed by atoms with Crippen LogP contribution in [-0.2, 0) is 6.54 Å². The Balaban J connectivity index is 1.77. The molecule has 3 heterocycles. The molecule has 0 aliphatic heterocycles. The fourth-order valence-electron chi connectivity index (χ4n) is 3.07. The number of carbonyl (C=O) groups is 3. The van der Waals surface area contributed by atoms with Crippen molar-refractivity contribution in [3.05, 3.63) is 64.9 Å². The van der Waals surface area contributed by atoms with Crippen LogP contribution < -0.4 is 5.73 Å². The summed E-state index contributed by atoms with van der Waals surface area (Å²) in [6, 6.07) is 10.1. The predicted molar refractivity (Wildman–Crippen MR) is 109 cm³/mol. The van der Waals surface area contributed by atoms with E-state index in [1.807, 2.05) is 13.0 Å². The molecule has 0 bridgehead atoms. The molecule has 162 valence electrons. The first kappa shape index (κ1) is 20.7. The number of aromatic nitrogens is 4. The van der Waals surface area contributed by atoms with Crippen molar-refractivity contribution < 1.29 is 28.3 Å². The van der Waals surface area contributed by atoms with E-state index in [9.17, 15) is 19.5 Å². The molecular weight excluding hydrogens is 418 g/mol. The van der Waals surface area contributed by atoms with Gasteiger partial charge in [0.1, 0.15) is 12.3 Å². The molecule has 0 aliphatic carbocycles. The van der Waals surface area contributed by atoms with Gasteiger partial charge in [0.2, 0.25) is 0 Å². The van der Waals surface area contributed by atoms with E-state index in [1.54, 1.807) is 24.3 Å². The van der Waals surface area contributed by atoms with Crippen molar-refractivity contribution >= 4 is 17.7 Å². The number of carboxylic acid groups (broad SMARTS) is 1. The standard InChI is InChI=1S/C21H17N5O6/c1-10-4-3-5-12(8-10)18-17(21(29)30)23-20(32-18)16-15(19(22)28)24-26(25-16)9-13-6-7-14(31-13)11(2)27/h3-8H,9H2,1-2H3,(H2,22,28)(H,29,30). The number of nitrogens with zero attached hydrogens (tertiary/aromatic N) is 4. The third-order valence-corrected chi connectivity index (χ3v) is 4.51. The number of hydrogen-bond donors (Lipinski definition) is 2. The summed E-state index contributed by atoms with van der Waals surface area (Å²) >= 11 is 0. The van der Waals surface area contributed by atoms with Gasteiger partial charge in [-0.05, 0) is 25.1 Å². The Hall–Kier alpha value is -4.54. The first-order valence-electron chi connectivity index (χ1n) is 9.39. The summed E-state index contributed by atoms with van der Waals surface area (Å²) in [5.41, 5.74) is 6.12. The molecule has 0 spiro atoms. The zero-order chi connectivity index (χ0) is 23.0. The van der Waals surface area contributed by atoms with Gasteiger partial charge < -0.3 is 19.7 Å². The molecular formula is C21H17N5O6. The van der Waals surface area contributed by atoms with Crippen molar-refractivity contribution in [3.63, 3.8) is 0 Å². The zero-order valence-corrected chi connectivity index (χ0v) is 17.0. The highest BCUT2D eigenvalue weighted by Crippen LogP contribution is 2.31. The minimum Gasteiger partial charge on any atom is -0.476 e. The summed E-state index contributed by atoms with van der Waals surface area (Å²) in [4.78, 5) is 40.2. The SMILES string of the molecule is CC(=O)c1ccc(Cn2nc(C(N)=O)c(-c3nc(C(=O)O)c(-c4cccc(C)c4)o3)n2)o1. The van der Waals surface area contributed by atoms with E-state index < -0.39 is 11.9 Å². The Kier molecular flexibility index (Phi) is 5.15. The number of benzene rings is 1. The Labute approximate surface area is 180 Å². The number of amides is 1. The van der Waals surface area contributed by atoms with Crippen LogP contribution in [0.4, 0.5) is 0 Å². The van der Waals surface area contributed by atoms with Crippen LogP contribution in [0.1, 0.15) is 49.8 Å². The fraction of sp³-hybridized carbons (Fsp3) is 0.143. The van der Waals surface area contributed by atoms with Crippen molar-refractivity contribution in [2.24, 2.45) is 5.73 Å². The molecule has 0 atom stereocenters. The van der Waals surface area contributed by atoms with Crippen molar-refractivity contribution in [1.82, 2.24) is 20.0 Å². The first-order chi connectivity index (χ1) is 15.2. The summed E-state index contributed by atoms with van der Waals surface area (Å²) in [5.74, 6) is -2.12. The van der Waals surface area contributed by atoms with Crippen LogP contribution in [-0.4, -0.2) is 42.7 Å². The lowest BCUT2D eigenvalue weighted by molar-refractivity contribution is 0.0691. The van der Waals surface area contributed by atoms with Crippen LogP contribution >= 0.6 is 0 Å². The first-order valence-corrected chi connectivity index (χ1v) is 9.39. The lowest BCUT2D eigenvalue weighted by Gasteiger charge is -1.99. The van der Waals surface area contributed by atoms with E-state index in [4.69, 9.17) is 14.6 Å². The highest BCUT2D eigenvalue weighted by molar-refractivity contribution is 5.97. The van der Waals surface area contributed by atoms with Gasteiger partial charge in [-0.1, -0.05) is 23.8 Å². The lowest BCUT2D eigenvalue weighted by atomic mass is 10.1. The Morgan fingerprint density at radius 3 is 2.50 bits per heavy atom. The van der Waals surface area contributed by atoms with Crippen LogP contribution in [0.3, 0.4) is 0 Å². The Morgan fingerprint density at radius 2 is 1.88 bits per heavy atom. The van der Waals surface area contributed by atoms with Crippen molar-refractivity contribution in [2.45, 2.75) is 20.4 Å². The van der Waals surface area contributed by atoms with Gasteiger partial charge in [-0.25, -0.2) is 4.79 Å². The number of oxazole rings is 1. The molecule has 4 rings (SSSR count). The topological polar surface area (TPSA) is 167 Å². The third-order valence-electron chi connectivity index (χ3n) is 4.51. The number of nitrogens with two attached hydrogens (primary N) is 1. The summed E-state index contributed by atoms with van der Waals surface area (Å²) in [6.07, 6.45) is 0. The molecule has 0 fully saturated rings. The second-order valence-electron chi connectivity index (χ2n) is 6.99. The maximum atomic E-state index is 11.9. The minimum absolute atomic E-state index is 0.00913. The minimum atomic E-state index is -1.31. The highest BCUT2D eigenvalue weighted by atomic mass is 16.4. The van der Waals surface area contributed by atoms with Crippen molar-refractivity contribution in [1.29, 1.82) is 0 Å². The molecule has 0 radical (unpaired) electrons. The predicted octanol–water partition coefficient (Wildman–Crippen LogP) is 2.55.